The normalized spacial score (nSPS) is 14.9. The van der Waals surface area contributed by atoms with Gasteiger partial charge in [-0.05, 0) is 41.4 Å². The number of aromatic nitrogens is 1. The van der Waals surface area contributed by atoms with E-state index in [0.717, 1.165) is 5.56 Å². The van der Waals surface area contributed by atoms with Gasteiger partial charge in [0.15, 0.2) is 0 Å². The summed E-state index contributed by atoms with van der Waals surface area (Å²) in [6, 6.07) is 1.73. The zero-order valence-corrected chi connectivity index (χ0v) is 9.50. The van der Waals surface area contributed by atoms with E-state index in [4.69, 9.17) is 10.8 Å². The van der Waals surface area contributed by atoms with Crippen molar-refractivity contribution in [1.29, 1.82) is 0 Å². The Hall–Kier alpha value is -0.940. The van der Waals surface area contributed by atoms with Crippen LogP contribution < -0.4 is 5.73 Å². The van der Waals surface area contributed by atoms with Crippen LogP contribution in [-0.2, 0) is 10.3 Å². The van der Waals surface area contributed by atoms with Crippen molar-refractivity contribution < 1.29 is 9.90 Å². The lowest BCUT2D eigenvalue weighted by Crippen LogP contribution is -2.42. The number of nitrogens with two attached hydrogens (primary N) is 1. The molecular formula is C9H11BrN2O2. The molecule has 0 saturated carbocycles. The second kappa shape index (κ2) is 3.67. The number of hydrogen-bond donors (Lipinski definition) is 2. The van der Waals surface area contributed by atoms with E-state index in [1.165, 1.54) is 6.92 Å². The third-order valence-corrected chi connectivity index (χ3v) is 2.68. The van der Waals surface area contributed by atoms with Crippen LogP contribution in [0.25, 0.3) is 0 Å². The number of carbonyl (C=O) groups is 1. The Bertz CT molecular complexity index is 357. The summed E-state index contributed by atoms with van der Waals surface area (Å²) >= 11 is 3.20. The third-order valence-electron chi connectivity index (χ3n) is 2.08. The van der Waals surface area contributed by atoms with Crippen LogP contribution in [-0.4, -0.2) is 16.1 Å². The van der Waals surface area contributed by atoms with Crippen LogP contribution in [0, 0.1) is 6.92 Å². The standard InChI is InChI=1S/C9H11BrN2O2/c1-5-3-4-12-7(10)6(5)9(2,11)8(13)14/h3-4H,11H2,1-2H3,(H,13,14). The first-order chi connectivity index (χ1) is 6.37. The lowest BCUT2D eigenvalue weighted by molar-refractivity contribution is -0.143. The van der Waals surface area contributed by atoms with E-state index in [1.807, 2.05) is 0 Å². The number of nitrogens with zero attached hydrogens (tertiary/aromatic N) is 1. The topological polar surface area (TPSA) is 76.2 Å². The van der Waals surface area contributed by atoms with Crippen molar-refractivity contribution in [3.8, 4) is 0 Å². The van der Waals surface area contributed by atoms with Crippen molar-refractivity contribution in [1.82, 2.24) is 4.98 Å². The lowest BCUT2D eigenvalue weighted by Gasteiger charge is -2.22. The molecule has 0 saturated heterocycles. The molecule has 0 radical (unpaired) electrons. The highest BCUT2D eigenvalue weighted by molar-refractivity contribution is 9.10. The van der Waals surface area contributed by atoms with Gasteiger partial charge in [-0.2, -0.15) is 0 Å². The Balaban J connectivity index is 3.38. The summed E-state index contributed by atoms with van der Waals surface area (Å²) in [6.07, 6.45) is 1.60. The second-order valence-corrected chi connectivity index (χ2v) is 4.05. The molecule has 3 N–H and O–H groups in total. The Morgan fingerprint density at radius 3 is 2.71 bits per heavy atom. The van der Waals surface area contributed by atoms with Gasteiger partial charge < -0.3 is 10.8 Å². The van der Waals surface area contributed by atoms with E-state index < -0.39 is 11.5 Å². The Morgan fingerprint density at radius 2 is 2.29 bits per heavy atom. The number of aliphatic carboxylic acids is 1. The highest BCUT2D eigenvalue weighted by Crippen LogP contribution is 2.27. The predicted octanol–water partition coefficient (Wildman–Crippen LogP) is 1.41. The summed E-state index contributed by atoms with van der Waals surface area (Å²) in [4.78, 5) is 14.9. The van der Waals surface area contributed by atoms with Crippen LogP contribution in [0.15, 0.2) is 16.9 Å². The van der Waals surface area contributed by atoms with Gasteiger partial charge in [0.05, 0.1) is 0 Å². The van der Waals surface area contributed by atoms with Crippen molar-refractivity contribution in [3.05, 3.63) is 28.0 Å². The molecule has 1 heterocycles. The van der Waals surface area contributed by atoms with Gasteiger partial charge in [0.2, 0.25) is 0 Å². The fraction of sp³-hybridized carbons (Fsp3) is 0.333. The highest BCUT2D eigenvalue weighted by Gasteiger charge is 2.34. The number of carboxylic acid groups (broad SMARTS) is 1. The maximum absolute atomic E-state index is 11.0. The van der Waals surface area contributed by atoms with Crippen molar-refractivity contribution in [2.24, 2.45) is 5.73 Å². The fourth-order valence-electron chi connectivity index (χ4n) is 1.26. The predicted molar refractivity (Wildman–Crippen MR) is 55.8 cm³/mol. The van der Waals surface area contributed by atoms with Crippen molar-refractivity contribution >= 4 is 21.9 Å². The SMILES string of the molecule is Cc1ccnc(Br)c1C(C)(N)C(=O)O. The molecule has 14 heavy (non-hydrogen) atoms. The summed E-state index contributed by atoms with van der Waals surface area (Å²) in [5.74, 6) is -1.07. The minimum atomic E-state index is -1.42. The molecule has 0 aromatic carbocycles. The van der Waals surface area contributed by atoms with Gasteiger partial charge in [0.25, 0.3) is 0 Å². The fourth-order valence-corrected chi connectivity index (χ4v) is 2.10. The van der Waals surface area contributed by atoms with Crippen LogP contribution in [0.3, 0.4) is 0 Å². The molecule has 1 atom stereocenters. The molecule has 1 rings (SSSR count). The highest BCUT2D eigenvalue weighted by atomic mass is 79.9. The quantitative estimate of drug-likeness (QED) is 0.787. The van der Waals surface area contributed by atoms with Gasteiger partial charge >= 0.3 is 5.97 Å². The van der Waals surface area contributed by atoms with Gasteiger partial charge in [-0.3, -0.25) is 0 Å². The van der Waals surface area contributed by atoms with Crippen molar-refractivity contribution in [2.75, 3.05) is 0 Å². The van der Waals surface area contributed by atoms with Crippen LogP contribution in [0.1, 0.15) is 18.1 Å². The van der Waals surface area contributed by atoms with Crippen molar-refractivity contribution in [2.45, 2.75) is 19.4 Å². The maximum Gasteiger partial charge on any atom is 0.328 e. The number of hydrogen-bond acceptors (Lipinski definition) is 3. The van der Waals surface area contributed by atoms with E-state index in [2.05, 4.69) is 20.9 Å². The molecule has 0 bridgehead atoms. The number of aryl methyl sites for hydroxylation is 1. The molecule has 0 aliphatic rings. The van der Waals surface area contributed by atoms with Gasteiger partial charge in [-0.1, -0.05) is 0 Å². The van der Waals surface area contributed by atoms with Crippen LogP contribution >= 0.6 is 15.9 Å². The molecule has 0 aliphatic carbocycles. The Morgan fingerprint density at radius 1 is 1.71 bits per heavy atom. The molecule has 0 fully saturated rings. The minimum absolute atomic E-state index is 0.477. The molecule has 0 aliphatic heterocycles. The van der Waals surface area contributed by atoms with Gasteiger partial charge in [-0.15, -0.1) is 0 Å². The number of pyridine rings is 1. The average molecular weight is 259 g/mol. The molecular weight excluding hydrogens is 248 g/mol. The van der Waals surface area contributed by atoms with Crippen LogP contribution in [0.5, 0.6) is 0 Å². The first-order valence-electron chi connectivity index (χ1n) is 4.01. The largest absolute Gasteiger partial charge is 0.480 e. The zero-order valence-electron chi connectivity index (χ0n) is 7.91. The molecule has 1 aromatic rings. The monoisotopic (exact) mass is 258 g/mol. The maximum atomic E-state index is 11.0. The lowest BCUT2D eigenvalue weighted by atomic mass is 9.91. The summed E-state index contributed by atoms with van der Waals surface area (Å²) in [7, 11) is 0. The molecule has 4 nitrogen and oxygen atoms in total. The van der Waals surface area contributed by atoms with E-state index in [1.54, 1.807) is 19.2 Å². The summed E-state index contributed by atoms with van der Waals surface area (Å²) < 4.78 is 0.477. The van der Waals surface area contributed by atoms with E-state index in [9.17, 15) is 4.79 Å². The number of carboxylic acids is 1. The number of rotatable bonds is 2. The van der Waals surface area contributed by atoms with Gasteiger partial charge in [-0.25, -0.2) is 9.78 Å². The van der Waals surface area contributed by atoms with E-state index >= 15 is 0 Å². The molecule has 1 unspecified atom stereocenters. The third kappa shape index (κ3) is 1.78. The summed E-state index contributed by atoms with van der Waals surface area (Å²) in [5.41, 5.74) is 5.61. The zero-order chi connectivity index (χ0) is 10.9. The summed E-state index contributed by atoms with van der Waals surface area (Å²) in [5, 5.41) is 8.97. The van der Waals surface area contributed by atoms with E-state index in [0.29, 0.717) is 10.2 Å². The van der Waals surface area contributed by atoms with E-state index in [-0.39, 0.29) is 0 Å². The molecule has 0 amide bonds. The second-order valence-electron chi connectivity index (χ2n) is 3.30. The molecule has 1 aromatic heterocycles. The van der Waals surface area contributed by atoms with Gasteiger partial charge in [0, 0.05) is 11.8 Å². The van der Waals surface area contributed by atoms with Gasteiger partial charge in [0.1, 0.15) is 10.1 Å². The average Bonchev–Trinajstić information content (AvgIpc) is 2.02. The minimum Gasteiger partial charge on any atom is -0.480 e. The summed E-state index contributed by atoms with van der Waals surface area (Å²) in [6.45, 7) is 3.25. The number of halogens is 1. The molecule has 0 spiro atoms. The van der Waals surface area contributed by atoms with Crippen LogP contribution in [0.2, 0.25) is 0 Å². The Labute approximate surface area is 90.3 Å². The molecule has 5 heteroatoms. The first-order valence-corrected chi connectivity index (χ1v) is 4.80. The smallest absolute Gasteiger partial charge is 0.328 e. The Kier molecular flexibility index (Phi) is 2.92. The van der Waals surface area contributed by atoms with Crippen LogP contribution in [0.4, 0.5) is 0 Å². The molecule has 76 valence electrons. The first kappa shape index (κ1) is 11.1. The van der Waals surface area contributed by atoms with Crippen molar-refractivity contribution in [3.63, 3.8) is 0 Å².